The summed E-state index contributed by atoms with van der Waals surface area (Å²) >= 11 is 1.46. The minimum absolute atomic E-state index is 0.0309. The third kappa shape index (κ3) is 3.21. The molecule has 25 heavy (non-hydrogen) atoms. The number of imidazole rings is 1. The van der Waals surface area contributed by atoms with Gasteiger partial charge in [0.1, 0.15) is 5.82 Å². The van der Waals surface area contributed by atoms with Gasteiger partial charge in [-0.1, -0.05) is 11.3 Å². The molecule has 1 aliphatic rings. The fourth-order valence-corrected chi connectivity index (χ4v) is 4.04. The molecule has 6 nitrogen and oxygen atoms in total. The van der Waals surface area contributed by atoms with E-state index in [0.717, 1.165) is 40.6 Å². The summed E-state index contributed by atoms with van der Waals surface area (Å²) in [5.74, 6) is -0.435. The van der Waals surface area contributed by atoms with Gasteiger partial charge in [0.2, 0.25) is 10.1 Å². The fourth-order valence-electron chi connectivity index (χ4n) is 3.19. The fraction of sp³-hybridized carbons (Fsp3) is 0.353. The number of halogens is 1. The molecule has 3 aromatic rings. The van der Waals surface area contributed by atoms with Crippen LogP contribution < -0.4 is 5.32 Å². The number of carbonyl (C=O) groups excluding carboxylic acids is 1. The minimum Gasteiger partial charge on any atom is -0.469 e. The Balaban J connectivity index is 1.47. The van der Waals surface area contributed by atoms with Crippen molar-refractivity contribution in [3.05, 3.63) is 36.3 Å². The van der Waals surface area contributed by atoms with Crippen molar-refractivity contribution in [1.82, 2.24) is 14.6 Å². The maximum atomic E-state index is 13.0. The van der Waals surface area contributed by atoms with Crippen molar-refractivity contribution in [1.29, 1.82) is 0 Å². The van der Waals surface area contributed by atoms with E-state index in [9.17, 15) is 9.18 Å². The van der Waals surface area contributed by atoms with Crippen LogP contribution in [0.3, 0.4) is 0 Å². The maximum absolute atomic E-state index is 13.0. The van der Waals surface area contributed by atoms with Gasteiger partial charge in [-0.3, -0.25) is 4.79 Å². The summed E-state index contributed by atoms with van der Waals surface area (Å²) in [6.45, 7) is 0. The van der Waals surface area contributed by atoms with Crippen LogP contribution in [0, 0.1) is 11.7 Å². The van der Waals surface area contributed by atoms with Gasteiger partial charge in [0.15, 0.2) is 0 Å². The summed E-state index contributed by atoms with van der Waals surface area (Å²) in [5.41, 5.74) is 1.61. The molecule has 130 valence electrons. The van der Waals surface area contributed by atoms with Crippen LogP contribution in [0.2, 0.25) is 0 Å². The van der Waals surface area contributed by atoms with Gasteiger partial charge in [-0.05, 0) is 43.5 Å². The summed E-state index contributed by atoms with van der Waals surface area (Å²) in [6.07, 6.45) is 4.34. The molecule has 1 aliphatic carbocycles. The highest BCUT2D eigenvalue weighted by Gasteiger charge is 2.31. The maximum Gasteiger partial charge on any atom is 0.308 e. The van der Waals surface area contributed by atoms with Gasteiger partial charge in [0.25, 0.3) is 0 Å². The van der Waals surface area contributed by atoms with E-state index in [4.69, 9.17) is 4.74 Å². The molecule has 0 saturated heterocycles. The molecule has 0 spiro atoms. The average Bonchev–Trinajstić information content (AvgIpc) is 3.30. The topological polar surface area (TPSA) is 68.5 Å². The highest BCUT2D eigenvalue weighted by molar-refractivity contribution is 7.20. The lowest BCUT2D eigenvalue weighted by molar-refractivity contribution is -0.145. The third-order valence-corrected chi connectivity index (χ3v) is 5.33. The first-order valence-corrected chi connectivity index (χ1v) is 8.90. The zero-order chi connectivity index (χ0) is 17.4. The monoisotopic (exact) mass is 360 g/mol. The highest BCUT2D eigenvalue weighted by atomic mass is 32.1. The largest absolute Gasteiger partial charge is 0.469 e. The number of benzene rings is 1. The van der Waals surface area contributed by atoms with E-state index in [1.165, 1.54) is 30.6 Å². The number of ether oxygens (including phenoxy) is 1. The van der Waals surface area contributed by atoms with Gasteiger partial charge >= 0.3 is 5.97 Å². The third-order valence-electron chi connectivity index (χ3n) is 4.48. The zero-order valence-corrected chi connectivity index (χ0v) is 14.4. The Hall–Kier alpha value is -2.48. The molecule has 0 unspecified atom stereocenters. The molecular formula is C17H17FN4O2S. The SMILES string of the molecule is COC(=O)[C@H]1CC[C@@H](Nc2nn3cc(-c4ccc(F)cc4)nc3s2)C1. The molecular weight excluding hydrogens is 343 g/mol. The van der Waals surface area contributed by atoms with Crippen molar-refractivity contribution in [3.63, 3.8) is 0 Å². The van der Waals surface area contributed by atoms with E-state index in [-0.39, 0.29) is 23.7 Å². The number of hydrogen-bond donors (Lipinski definition) is 1. The summed E-state index contributed by atoms with van der Waals surface area (Å²) in [6, 6.07) is 6.46. The molecule has 2 aromatic heterocycles. The van der Waals surface area contributed by atoms with E-state index < -0.39 is 0 Å². The number of methoxy groups -OCH3 is 1. The number of fused-ring (bicyclic) bond motifs is 1. The van der Waals surface area contributed by atoms with Gasteiger partial charge in [0.05, 0.1) is 24.9 Å². The highest BCUT2D eigenvalue weighted by Crippen LogP contribution is 2.31. The first-order valence-electron chi connectivity index (χ1n) is 8.09. The van der Waals surface area contributed by atoms with E-state index in [1.54, 1.807) is 16.6 Å². The number of anilines is 1. The second-order valence-electron chi connectivity index (χ2n) is 6.14. The van der Waals surface area contributed by atoms with Gasteiger partial charge in [-0.25, -0.2) is 13.9 Å². The summed E-state index contributed by atoms with van der Waals surface area (Å²) in [5, 5.41) is 8.66. The number of nitrogens with one attached hydrogen (secondary N) is 1. The molecule has 0 bridgehead atoms. The van der Waals surface area contributed by atoms with Crippen LogP contribution in [-0.2, 0) is 9.53 Å². The molecule has 1 saturated carbocycles. The van der Waals surface area contributed by atoms with Gasteiger partial charge < -0.3 is 10.1 Å². The first-order chi connectivity index (χ1) is 12.1. The molecule has 1 fully saturated rings. The molecule has 2 atom stereocenters. The Morgan fingerprint density at radius 3 is 2.88 bits per heavy atom. The van der Waals surface area contributed by atoms with Crippen LogP contribution in [0.4, 0.5) is 9.52 Å². The first kappa shape index (κ1) is 16.0. The number of rotatable bonds is 4. The van der Waals surface area contributed by atoms with E-state index in [0.29, 0.717) is 0 Å². The van der Waals surface area contributed by atoms with Crippen LogP contribution in [0.5, 0.6) is 0 Å². The van der Waals surface area contributed by atoms with E-state index in [1.807, 2.05) is 6.20 Å². The Morgan fingerprint density at radius 1 is 1.36 bits per heavy atom. The smallest absolute Gasteiger partial charge is 0.308 e. The molecule has 4 rings (SSSR count). The van der Waals surface area contributed by atoms with Crippen LogP contribution in [0.1, 0.15) is 19.3 Å². The van der Waals surface area contributed by atoms with E-state index >= 15 is 0 Å². The second-order valence-corrected chi connectivity index (χ2v) is 7.10. The number of hydrogen-bond acceptors (Lipinski definition) is 6. The van der Waals surface area contributed by atoms with Crippen LogP contribution in [0.25, 0.3) is 16.2 Å². The van der Waals surface area contributed by atoms with Crippen molar-refractivity contribution in [2.45, 2.75) is 25.3 Å². The molecule has 1 aromatic carbocycles. The van der Waals surface area contributed by atoms with Crippen molar-refractivity contribution < 1.29 is 13.9 Å². The molecule has 2 heterocycles. The Bertz CT molecular complexity index is 874. The number of nitrogens with zero attached hydrogens (tertiary/aromatic N) is 3. The van der Waals surface area contributed by atoms with Crippen molar-refractivity contribution in [3.8, 4) is 11.3 Å². The Kier molecular flexibility index (Phi) is 4.12. The van der Waals surface area contributed by atoms with Crippen LogP contribution in [0.15, 0.2) is 30.5 Å². The molecule has 1 N–H and O–H groups in total. The standard InChI is InChI=1S/C17H17FN4O2S/c1-24-15(23)11-4-7-13(8-11)19-16-21-22-9-14(20-17(22)25-16)10-2-5-12(18)6-3-10/h2-3,5-6,9,11,13H,4,7-8H2,1H3,(H,19,21)/t11-,13+/m0/s1. The van der Waals surface area contributed by atoms with Gasteiger partial charge in [-0.15, -0.1) is 5.10 Å². The lowest BCUT2D eigenvalue weighted by atomic mass is 10.1. The summed E-state index contributed by atoms with van der Waals surface area (Å²) < 4.78 is 19.6. The quantitative estimate of drug-likeness (QED) is 0.723. The zero-order valence-electron chi connectivity index (χ0n) is 13.6. The molecule has 0 aliphatic heterocycles. The average molecular weight is 360 g/mol. The summed E-state index contributed by atoms with van der Waals surface area (Å²) in [4.78, 5) is 16.9. The molecule has 0 amide bonds. The molecule has 0 radical (unpaired) electrons. The molecule has 8 heteroatoms. The predicted octanol–water partition coefficient (Wildman–Crippen LogP) is 3.35. The van der Waals surface area contributed by atoms with Crippen LogP contribution in [-0.4, -0.2) is 33.7 Å². The van der Waals surface area contributed by atoms with Crippen molar-refractivity contribution in [2.75, 3.05) is 12.4 Å². The van der Waals surface area contributed by atoms with Gasteiger partial charge in [0, 0.05) is 11.6 Å². The number of carbonyl (C=O) groups is 1. The van der Waals surface area contributed by atoms with Crippen molar-refractivity contribution in [2.24, 2.45) is 5.92 Å². The summed E-state index contributed by atoms with van der Waals surface area (Å²) in [7, 11) is 1.43. The predicted molar refractivity (Wildman–Crippen MR) is 93.0 cm³/mol. The lowest BCUT2D eigenvalue weighted by Gasteiger charge is -2.10. The number of esters is 1. The number of aromatic nitrogens is 3. The van der Waals surface area contributed by atoms with E-state index in [2.05, 4.69) is 15.4 Å². The minimum atomic E-state index is -0.267. The van der Waals surface area contributed by atoms with Crippen molar-refractivity contribution >= 4 is 27.4 Å². The normalized spacial score (nSPS) is 20.1. The Labute approximate surface area is 147 Å². The van der Waals surface area contributed by atoms with Crippen LogP contribution >= 0.6 is 11.3 Å². The lowest BCUT2D eigenvalue weighted by Crippen LogP contribution is -2.18. The Morgan fingerprint density at radius 2 is 2.16 bits per heavy atom. The van der Waals surface area contributed by atoms with Gasteiger partial charge in [-0.2, -0.15) is 0 Å². The second kappa shape index (κ2) is 6.44.